The predicted molar refractivity (Wildman–Crippen MR) is 90.7 cm³/mol. The Labute approximate surface area is 126 Å². The molecule has 3 heteroatoms. The van der Waals surface area contributed by atoms with Crippen molar-refractivity contribution in [2.24, 2.45) is 0 Å². The van der Waals surface area contributed by atoms with Gasteiger partial charge in [0.05, 0.1) is 18.9 Å². The van der Waals surface area contributed by atoms with Crippen LogP contribution in [-0.2, 0) is 10.8 Å². The molecule has 0 saturated carbocycles. The summed E-state index contributed by atoms with van der Waals surface area (Å²) in [5, 5.41) is 1.32. The molecule has 20 heavy (non-hydrogen) atoms. The summed E-state index contributed by atoms with van der Waals surface area (Å²) in [7, 11) is -3.10. The maximum absolute atomic E-state index is 12.6. The second-order valence-electron chi connectivity index (χ2n) is 5.62. The van der Waals surface area contributed by atoms with Crippen LogP contribution in [0.4, 0.5) is 0 Å². The predicted octanol–water partition coefficient (Wildman–Crippen LogP) is 3.80. The first-order valence-corrected chi connectivity index (χ1v) is 11.2. The Morgan fingerprint density at radius 1 is 1.05 bits per heavy atom. The van der Waals surface area contributed by atoms with E-state index < -0.39 is 24.6 Å². The fraction of sp³-hybridized carbons (Fsp3) is 0.294. The third kappa shape index (κ3) is 3.47. The Morgan fingerprint density at radius 2 is 1.55 bits per heavy atom. The second-order valence-corrected chi connectivity index (χ2v) is 11.9. The maximum atomic E-state index is 12.6. The minimum Gasteiger partial charge on any atom is -0.254 e. The molecule has 1 nitrogen and oxygen atoms in total. The summed E-state index contributed by atoms with van der Waals surface area (Å²) in [4.78, 5) is 0.752. The van der Waals surface area contributed by atoms with Gasteiger partial charge in [-0.3, -0.25) is 4.21 Å². The number of benzene rings is 2. The van der Waals surface area contributed by atoms with E-state index in [2.05, 4.69) is 32.2 Å². The van der Waals surface area contributed by atoms with Crippen molar-refractivity contribution in [3.63, 3.8) is 0 Å². The van der Waals surface area contributed by atoms with Crippen molar-refractivity contribution in [1.82, 2.24) is 0 Å². The molecule has 0 aliphatic heterocycles. The SMILES string of the molecule is [2H][C@H]([C@H](C)[Si](C)(C)c1ccccc1)S(=O)c1ccccc1. The van der Waals surface area contributed by atoms with Gasteiger partial charge in [-0.25, -0.2) is 0 Å². The average Bonchev–Trinajstić information content (AvgIpc) is 2.54. The largest absolute Gasteiger partial charge is 0.254 e. The molecule has 1 unspecified atom stereocenters. The molecule has 2 rings (SSSR count). The summed E-state index contributed by atoms with van der Waals surface area (Å²) in [6.07, 6.45) is 0. The fourth-order valence-electron chi connectivity index (χ4n) is 2.12. The molecular formula is C17H22OSSi. The Kier molecular flexibility index (Phi) is 4.48. The molecule has 0 aromatic heterocycles. The zero-order chi connectivity index (χ0) is 15.5. The Balaban J connectivity index is 2.23. The summed E-state index contributed by atoms with van der Waals surface area (Å²) < 4.78 is 21.1. The third-order valence-electron chi connectivity index (χ3n) is 3.96. The smallest absolute Gasteiger partial charge is 0.0843 e. The summed E-state index contributed by atoms with van der Waals surface area (Å²) in [5.41, 5.74) is -0.477. The minimum absolute atomic E-state index is 0.112. The molecule has 2 aromatic rings. The lowest BCUT2D eigenvalue weighted by atomic mass is 10.4. The van der Waals surface area contributed by atoms with Crippen molar-refractivity contribution < 1.29 is 5.58 Å². The molecular weight excluding hydrogens is 280 g/mol. The van der Waals surface area contributed by atoms with Gasteiger partial charge in [0, 0.05) is 12.0 Å². The van der Waals surface area contributed by atoms with Crippen molar-refractivity contribution in [2.75, 3.05) is 5.73 Å². The van der Waals surface area contributed by atoms with Crippen molar-refractivity contribution in [1.29, 1.82) is 0 Å². The lowest BCUT2D eigenvalue weighted by Gasteiger charge is -2.30. The summed E-state index contributed by atoms with van der Waals surface area (Å²) in [5.74, 6) is 0. The molecule has 0 aliphatic carbocycles. The Morgan fingerprint density at radius 3 is 2.10 bits per heavy atom. The molecule has 0 fully saturated rings. The topological polar surface area (TPSA) is 17.1 Å². The monoisotopic (exact) mass is 303 g/mol. The zero-order valence-corrected chi connectivity index (χ0v) is 14.1. The van der Waals surface area contributed by atoms with E-state index >= 15 is 0 Å². The minimum atomic E-state index is -1.82. The van der Waals surface area contributed by atoms with Crippen LogP contribution >= 0.6 is 0 Å². The van der Waals surface area contributed by atoms with E-state index in [1.54, 1.807) is 0 Å². The third-order valence-corrected chi connectivity index (χ3v) is 9.86. The average molecular weight is 304 g/mol. The molecule has 0 N–H and O–H groups in total. The van der Waals surface area contributed by atoms with Crippen LogP contribution in [-0.4, -0.2) is 18.0 Å². The van der Waals surface area contributed by atoms with E-state index in [9.17, 15) is 4.21 Å². The standard InChI is InChI=1S/C17H22OSSi/c1-15(14-19(18)16-10-6-4-7-11-16)20(2,3)17-12-8-5-9-13-17/h4-13,15H,14H2,1-3H3/t15-,19?/m0/s1/i14D/t14-,15+,19?/m1. The number of hydrogen-bond acceptors (Lipinski definition) is 1. The first-order valence-electron chi connectivity index (χ1n) is 7.45. The van der Waals surface area contributed by atoms with E-state index in [4.69, 9.17) is 1.37 Å². The molecule has 0 radical (unpaired) electrons. The van der Waals surface area contributed by atoms with Gasteiger partial charge in [-0.05, 0) is 17.7 Å². The van der Waals surface area contributed by atoms with E-state index in [0.29, 0.717) is 0 Å². The van der Waals surface area contributed by atoms with Gasteiger partial charge >= 0.3 is 0 Å². The highest BCUT2D eigenvalue weighted by Crippen LogP contribution is 2.24. The van der Waals surface area contributed by atoms with Crippen LogP contribution < -0.4 is 5.19 Å². The summed E-state index contributed by atoms with van der Waals surface area (Å²) in [6.45, 7) is 6.60. The molecule has 3 atom stereocenters. The fourth-order valence-corrected chi connectivity index (χ4v) is 6.38. The van der Waals surface area contributed by atoms with Crippen LogP contribution in [0.15, 0.2) is 65.6 Å². The maximum Gasteiger partial charge on any atom is 0.0843 e. The lowest BCUT2D eigenvalue weighted by Crippen LogP contribution is -2.46. The van der Waals surface area contributed by atoms with Crippen LogP contribution in [0.1, 0.15) is 8.29 Å². The molecule has 0 spiro atoms. The van der Waals surface area contributed by atoms with Crippen molar-refractivity contribution >= 4 is 24.1 Å². The molecule has 0 saturated heterocycles. The normalized spacial score (nSPS) is 17.1. The van der Waals surface area contributed by atoms with E-state index in [1.807, 2.05) is 48.5 Å². The van der Waals surface area contributed by atoms with Crippen LogP contribution in [0.5, 0.6) is 0 Å². The molecule has 0 bridgehead atoms. The van der Waals surface area contributed by atoms with E-state index in [1.165, 1.54) is 5.19 Å². The Bertz CT molecular complexity index is 601. The number of hydrogen-bond donors (Lipinski definition) is 0. The highest BCUT2D eigenvalue weighted by Gasteiger charge is 2.31. The quantitative estimate of drug-likeness (QED) is 0.768. The molecule has 0 amide bonds. The lowest BCUT2D eigenvalue weighted by molar-refractivity contribution is 0.681. The Hall–Kier alpha value is -1.19. The van der Waals surface area contributed by atoms with Crippen LogP contribution in [0.3, 0.4) is 0 Å². The van der Waals surface area contributed by atoms with Gasteiger partial charge in [0.2, 0.25) is 0 Å². The van der Waals surface area contributed by atoms with Gasteiger partial charge < -0.3 is 0 Å². The first kappa shape index (κ1) is 13.8. The highest BCUT2D eigenvalue weighted by atomic mass is 32.2. The first-order chi connectivity index (χ1) is 9.94. The second kappa shape index (κ2) is 6.51. The van der Waals surface area contributed by atoms with Crippen molar-refractivity contribution in [3.05, 3.63) is 60.7 Å². The number of rotatable bonds is 5. The van der Waals surface area contributed by atoms with Gasteiger partial charge in [-0.2, -0.15) is 0 Å². The summed E-state index contributed by atoms with van der Waals surface area (Å²) >= 11 is 0. The zero-order valence-electron chi connectivity index (χ0n) is 13.2. The summed E-state index contributed by atoms with van der Waals surface area (Å²) in [6, 6.07) is 19.7. The van der Waals surface area contributed by atoms with Crippen molar-refractivity contribution in [2.45, 2.75) is 30.5 Å². The van der Waals surface area contributed by atoms with Gasteiger partial charge in [0.1, 0.15) is 0 Å². The molecule has 0 heterocycles. The van der Waals surface area contributed by atoms with Crippen LogP contribution in [0.25, 0.3) is 0 Å². The van der Waals surface area contributed by atoms with Gasteiger partial charge in [0.25, 0.3) is 0 Å². The van der Waals surface area contributed by atoms with Gasteiger partial charge in [0.15, 0.2) is 0 Å². The van der Waals surface area contributed by atoms with Crippen molar-refractivity contribution in [3.8, 4) is 0 Å². The molecule has 0 aliphatic rings. The van der Waals surface area contributed by atoms with Gasteiger partial charge in [-0.1, -0.05) is 73.7 Å². The van der Waals surface area contributed by atoms with E-state index in [0.717, 1.165) is 4.90 Å². The van der Waals surface area contributed by atoms with E-state index in [-0.39, 0.29) is 5.54 Å². The molecule has 106 valence electrons. The van der Waals surface area contributed by atoms with Gasteiger partial charge in [-0.15, -0.1) is 0 Å². The highest BCUT2D eigenvalue weighted by molar-refractivity contribution is 7.85. The molecule has 2 aromatic carbocycles. The van der Waals surface area contributed by atoms with Crippen LogP contribution in [0, 0.1) is 0 Å². The van der Waals surface area contributed by atoms with Crippen LogP contribution in [0.2, 0.25) is 18.6 Å².